The van der Waals surface area contributed by atoms with E-state index in [-0.39, 0.29) is 0 Å². The van der Waals surface area contributed by atoms with E-state index in [1.165, 1.54) is 35.2 Å². The predicted molar refractivity (Wildman–Crippen MR) is 76.9 cm³/mol. The Hall–Kier alpha value is -1.76. The summed E-state index contributed by atoms with van der Waals surface area (Å²) in [6, 6.07) is 18.0. The van der Waals surface area contributed by atoms with E-state index in [0.717, 1.165) is 6.42 Å². The fraction of sp³-hybridized carbons (Fsp3) is 0.294. The minimum absolute atomic E-state index is 0.464. The molecule has 0 saturated carbocycles. The smallest absolute Gasteiger partial charge is 0.0517 e. The number of rotatable bonds is 2. The molecule has 0 spiro atoms. The molecule has 1 unspecified atom stereocenters. The quantitative estimate of drug-likeness (QED) is 0.819. The highest BCUT2D eigenvalue weighted by Crippen LogP contribution is 2.32. The molecule has 0 bridgehead atoms. The monoisotopic (exact) mass is 237 g/mol. The molecule has 1 heterocycles. The third kappa shape index (κ3) is 2.13. The van der Waals surface area contributed by atoms with Gasteiger partial charge in [-0.3, -0.25) is 0 Å². The zero-order valence-corrected chi connectivity index (χ0v) is 10.8. The molecule has 0 fully saturated rings. The molecule has 0 aromatic heterocycles. The summed E-state index contributed by atoms with van der Waals surface area (Å²) in [7, 11) is 0. The van der Waals surface area contributed by atoms with Crippen molar-refractivity contribution in [2.75, 3.05) is 5.32 Å². The van der Waals surface area contributed by atoms with E-state index in [4.69, 9.17) is 0 Å². The largest absolute Gasteiger partial charge is 0.378 e. The number of hydrogen-bond acceptors (Lipinski definition) is 1. The lowest BCUT2D eigenvalue weighted by atomic mass is 9.92. The van der Waals surface area contributed by atoms with Crippen LogP contribution in [0.5, 0.6) is 0 Å². The third-order valence-corrected chi connectivity index (χ3v) is 3.81. The van der Waals surface area contributed by atoms with Crippen molar-refractivity contribution in [3.05, 3.63) is 65.2 Å². The molecule has 1 aliphatic rings. The highest BCUT2D eigenvalue weighted by Gasteiger charge is 2.18. The first-order valence-corrected chi connectivity index (χ1v) is 6.80. The second-order valence-corrected chi connectivity index (χ2v) is 4.99. The molecule has 2 aromatic rings. The van der Waals surface area contributed by atoms with Crippen LogP contribution in [0.25, 0.3) is 0 Å². The van der Waals surface area contributed by atoms with Crippen LogP contribution in [-0.2, 0) is 12.8 Å². The molecular formula is C17H19N. The molecule has 1 atom stereocenters. The van der Waals surface area contributed by atoms with E-state index in [1.807, 2.05) is 0 Å². The molecule has 0 saturated heterocycles. The Morgan fingerprint density at radius 1 is 1.11 bits per heavy atom. The number of benzene rings is 2. The first-order valence-electron chi connectivity index (χ1n) is 6.80. The van der Waals surface area contributed by atoms with Gasteiger partial charge in [-0.25, -0.2) is 0 Å². The van der Waals surface area contributed by atoms with Crippen LogP contribution in [0.3, 0.4) is 0 Å². The minimum atomic E-state index is 0.464. The van der Waals surface area contributed by atoms with E-state index in [2.05, 4.69) is 60.8 Å². The van der Waals surface area contributed by atoms with E-state index in [1.54, 1.807) is 0 Å². The van der Waals surface area contributed by atoms with Gasteiger partial charge in [0.15, 0.2) is 0 Å². The van der Waals surface area contributed by atoms with Crippen LogP contribution in [0.2, 0.25) is 0 Å². The van der Waals surface area contributed by atoms with E-state index < -0.39 is 0 Å². The van der Waals surface area contributed by atoms with Gasteiger partial charge >= 0.3 is 0 Å². The molecule has 92 valence electrons. The van der Waals surface area contributed by atoms with Crippen LogP contribution in [0.4, 0.5) is 5.69 Å². The SMILES string of the molecule is CCc1ccc2c(c1)CCC(c1ccccc1)N2. The maximum absolute atomic E-state index is 3.66. The summed E-state index contributed by atoms with van der Waals surface area (Å²) in [6.07, 6.45) is 3.48. The Balaban J connectivity index is 1.85. The van der Waals surface area contributed by atoms with Gasteiger partial charge < -0.3 is 5.32 Å². The summed E-state index contributed by atoms with van der Waals surface area (Å²) >= 11 is 0. The Morgan fingerprint density at radius 2 is 1.94 bits per heavy atom. The zero-order valence-electron chi connectivity index (χ0n) is 10.8. The molecule has 1 N–H and O–H groups in total. The fourth-order valence-corrected chi connectivity index (χ4v) is 2.71. The summed E-state index contributed by atoms with van der Waals surface area (Å²) < 4.78 is 0. The Kier molecular flexibility index (Phi) is 3.06. The van der Waals surface area contributed by atoms with E-state index in [0.29, 0.717) is 6.04 Å². The lowest BCUT2D eigenvalue weighted by Crippen LogP contribution is -2.18. The molecule has 0 amide bonds. The summed E-state index contributed by atoms with van der Waals surface area (Å²) in [5.74, 6) is 0. The van der Waals surface area contributed by atoms with Gasteiger partial charge in [0.2, 0.25) is 0 Å². The molecule has 3 rings (SSSR count). The van der Waals surface area contributed by atoms with Crippen molar-refractivity contribution in [3.8, 4) is 0 Å². The lowest BCUT2D eigenvalue weighted by molar-refractivity contribution is 0.667. The van der Waals surface area contributed by atoms with Gasteiger partial charge in [-0.2, -0.15) is 0 Å². The predicted octanol–water partition coefficient (Wildman–Crippen LogP) is 4.35. The van der Waals surface area contributed by atoms with Crippen molar-refractivity contribution < 1.29 is 0 Å². The van der Waals surface area contributed by atoms with Crippen LogP contribution in [0.15, 0.2) is 48.5 Å². The van der Waals surface area contributed by atoms with Gasteiger partial charge in [0.1, 0.15) is 0 Å². The van der Waals surface area contributed by atoms with E-state index >= 15 is 0 Å². The molecule has 18 heavy (non-hydrogen) atoms. The van der Waals surface area contributed by atoms with Crippen LogP contribution >= 0.6 is 0 Å². The first kappa shape index (κ1) is 11.3. The van der Waals surface area contributed by atoms with Gasteiger partial charge in [-0.15, -0.1) is 0 Å². The standard InChI is InChI=1S/C17H19N/c1-2-13-8-10-17-15(12-13)9-11-16(18-17)14-6-4-3-5-7-14/h3-8,10,12,16,18H,2,9,11H2,1H3. The Morgan fingerprint density at radius 3 is 2.72 bits per heavy atom. The topological polar surface area (TPSA) is 12.0 Å². The molecular weight excluding hydrogens is 218 g/mol. The number of aryl methyl sites for hydroxylation is 2. The normalized spacial score (nSPS) is 17.9. The number of fused-ring (bicyclic) bond motifs is 1. The van der Waals surface area contributed by atoms with Crippen LogP contribution in [0.1, 0.15) is 36.1 Å². The van der Waals surface area contributed by atoms with Crippen molar-refractivity contribution in [3.63, 3.8) is 0 Å². The van der Waals surface area contributed by atoms with Crippen molar-refractivity contribution >= 4 is 5.69 Å². The highest BCUT2D eigenvalue weighted by molar-refractivity contribution is 5.56. The maximum Gasteiger partial charge on any atom is 0.0517 e. The summed E-state index contributed by atoms with van der Waals surface area (Å²) in [4.78, 5) is 0. The number of hydrogen-bond donors (Lipinski definition) is 1. The molecule has 1 aliphatic heterocycles. The van der Waals surface area contributed by atoms with Crippen molar-refractivity contribution in [1.29, 1.82) is 0 Å². The molecule has 0 aliphatic carbocycles. The van der Waals surface area contributed by atoms with Crippen molar-refractivity contribution in [2.24, 2.45) is 0 Å². The third-order valence-electron chi connectivity index (χ3n) is 3.81. The van der Waals surface area contributed by atoms with Crippen LogP contribution in [-0.4, -0.2) is 0 Å². The summed E-state index contributed by atoms with van der Waals surface area (Å²) in [6.45, 7) is 2.21. The zero-order chi connectivity index (χ0) is 12.4. The van der Waals surface area contributed by atoms with Gasteiger partial charge in [0.05, 0.1) is 6.04 Å². The molecule has 1 nitrogen and oxygen atoms in total. The van der Waals surface area contributed by atoms with Gasteiger partial charge in [-0.1, -0.05) is 49.4 Å². The average molecular weight is 237 g/mol. The van der Waals surface area contributed by atoms with Gasteiger partial charge in [0, 0.05) is 5.69 Å². The minimum Gasteiger partial charge on any atom is -0.378 e. The van der Waals surface area contributed by atoms with Crippen molar-refractivity contribution in [1.82, 2.24) is 0 Å². The second kappa shape index (κ2) is 4.85. The number of nitrogens with one attached hydrogen (secondary N) is 1. The maximum atomic E-state index is 3.66. The van der Waals surface area contributed by atoms with Gasteiger partial charge in [0.25, 0.3) is 0 Å². The summed E-state index contributed by atoms with van der Waals surface area (Å²) in [5.41, 5.74) is 5.62. The van der Waals surface area contributed by atoms with Crippen LogP contribution in [0, 0.1) is 0 Å². The first-order chi connectivity index (χ1) is 8.86. The Labute approximate surface area is 109 Å². The second-order valence-electron chi connectivity index (χ2n) is 4.99. The molecule has 0 radical (unpaired) electrons. The van der Waals surface area contributed by atoms with Crippen molar-refractivity contribution in [2.45, 2.75) is 32.2 Å². The molecule has 2 aromatic carbocycles. The fourth-order valence-electron chi connectivity index (χ4n) is 2.71. The lowest BCUT2D eigenvalue weighted by Gasteiger charge is -2.27. The number of anilines is 1. The molecule has 1 heteroatoms. The van der Waals surface area contributed by atoms with Gasteiger partial charge in [-0.05, 0) is 42.0 Å². The average Bonchev–Trinajstić information content (AvgIpc) is 2.47. The highest BCUT2D eigenvalue weighted by atomic mass is 14.9. The van der Waals surface area contributed by atoms with E-state index in [9.17, 15) is 0 Å². The van der Waals surface area contributed by atoms with Crippen LogP contribution < -0.4 is 5.32 Å². The Bertz CT molecular complexity index is 531. The summed E-state index contributed by atoms with van der Waals surface area (Å²) in [5, 5.41) is 3.66.